The maximum atomic E-state index is 12.3. The zero-order valence-corrected chi connectivity index (χ0v) is 14.0. The first-order valence-corrected chi connectivity index (χ1v) is 8.88. The summed E-state index contributed by atoms with van der Waals surface area (Å²) in [6.07, 6.45) is 4.24. The highest BCUT2D eigenvalue weighted by Gasteiger charge is 2.33. The van der Waals surface area contributed by atoms with Crippen molar-refractivity contribution in [2.45, 2.75) is 58.8 Å². The van der Waals surface area contributed by atoms with E-state index in [-0.39, 0.29) is 16.4 Å². The lowest BCUT2D eigenvalue weighted by molar-refractivity contribution is 0.0910. The summed E-state index contributed by atoms with van der Waals surface area (Å²) in [6, 6.07) is 2.03. The molecule has 2 rings (SSSR count). The first-order valence-electron chi connectivity index (χ1n) is 7.26. The maximum absolute atomic E-state index is 12.3. The molecule has 0 saturated carbocycles. The van der Waals surface area contributed by atoms with E-state index < -0.39 is 10.8 Å². The van der Waals surface area contributed by atoms with E-state index in [0.717, 1.165) is 30.6 Å². The fourth-order valence-electron chi connectivity index (χ4n) is 2.99. The molecule has 20 heavy (non-hydrogen) atoms. The third-order valence-electron chi connectivity index (χ3n) is 4.33. The van der Waals surface area contributed by atoms with E-state index in [1.807, 2.05) is 13.0 Å². The van der Waals surface area contributed by atoms with Crippen molar-refractivity contribution in [2.75, 3.05) is 6.26 Å². The minimum Gasteiger partial charge on any atom is -0.348 e. The molecule has 0 spiro atoms. The summed E-state index contributed by atoms with van der Waals surface area (Å²) in [5, 5.41) is 0.194. The molecule has 1 aliphatic rings. The molecule has 1 aromatic rings. The third-order valence-corrected chi connectivity index (χ3v) is 5.70. The molecule has 1 aliphatic carbocycles. The lowest BCUT2D eigenvalue weighted by Crippen LogP contribution is -2.28. The Bertz CT molecular complexity index is 557. The van der Waals surface area contributed by atoms with Gasteiger partial charge in [0.2, 0.25) is 0 Å². The van der Waals surface area contributed by atoms with Crippen LogP contribution in [0.2, 0.25) is 0 Å². The van der Waals surface area contributed by atoms with E-state index in [1.54, 1.807) is 6.26 Å². The van der Waals surface area contributed by atoms with E-state index >= 15 is 0 Å². The van der Waals surface area contributed by atoms with Crippen molar-refractivity contribution in [3.8, 4) is 0 Å². The lowest BCUT2D eigenvalue weighted by Gasteiger charge is -2.30. The number of hydrogen-bond acceptors (Lipinski definition) is 2. The fraction of sp³-hybridized carbons (Fsp3) is 0.688. The van der Waals surface area contributed by atoms with Gasteiger partial charge in [-0.2, -0.15) is 0 Å². The minimum absolute atomic E-state index is 0.0474. The van der Waals surface area contributed by atoms with Gasteiger partial charge in [0.15, 0.2) is 5.78 Å². The summed E-state index contributed by atoms with van der Waals surface area (Å²) in [7, 11) is -0.783. The van der Waals surface area contributed by atoms with Crippen LogP contribution in [0.3, 0.4) is 0 Å². The summed E-state index contributed by atoms with van der Waals surface area (Å²) < 4.78 is 13.7. The molecule has 2 atom stereocenters. The van der Waals surface area contributed by atoms with Gasteiger partial charge in [-0.05, 0) is 31.2 Å². The molecule has 0 amide bonds. The number of aromatic nitrogens is 1. The molecule has 2 unspecified atom stereocenters. The number of carbonyl (C=O) groups is 1. The SMILES string of the molecule is Cc1cc2c(n1CCC(C)S(C)=O)CC(C)(C)CC2=O. The van der Waals surface area contributed by atoms with Crippen molar-refractivity contribution < 1.29 is 9.00 Å². The quantitative estimate of drug-likeness (QED) is 0.856. The predicted molar refractivity (Wildman–Crippen MR) is 83.7 cm³/mol. The van der Waals surface area contributed by atoms with Crippen LogP contribution < -0.4 is 0 Å². The molecule has 0 fully saturated rings. The molecule has 112 valence electrons. The second-order valence-electron chi connectivity index (χ2n) is 6.84. The molecule has 4 heteroatoms. The van der Waals surface area contributed by atoms with Crippen molar-refractivity contribution in [3.63, 3.8) is 0 Å². The largest absolute Gasteiger partial charge is 0.348 e. The Morgan fingerprint density at radius 1 is 1.40 bits per heavy atom. The molecule has 0 aromatic carbocycles. The normalized spacial score (nSPS) is 20.6. The number of carbonyl (C=O) groups excluding carboxylic acids is 1. The minimum atomic E-state index is -0.783. The van der Waals surface area contributed by atoms with E-state index in [2.05, 4.69) is 25.3 Å². The summed E-state index contributed by atoms with van der Waals surface area (Å²) in [4.78, 5) is 12.3. The monoisotopic (exact) mass is 295 g/mol. The van der Waals surface area contributed by atoms with Gasteiger partial charge in [0.1, 0.15) is 0 Å². The Balaban J connectivity index is 2.27. The Hall–Kier alpha value is -0.900. The molecule has 1 heterocycles. The van der Waals surface area contributed by atoms with Crippen LogP contribution in [0.25, 0.3) is 0 Å². The average molecular weight is 295 g/mol. The molecule has 0 N–H and O–H groups in total. The Morgan fingerprint density at radius 3 is 2.65 bits per heavy atom. The van der Waals surface area contributed by atoms with E-state index in [9.17, 15) is 9.00 Å². The summed E-state index contributed by atoms with van der Waals surface area (Å²) in [6.45, 7) is 9.25. The van der Waals surface area contributed by atoms with Crippen LogP contribution in [0.5, 0.6) is 0 Å². The van der Waals surface area contributed by atoms with Crippen LogP contribution in [0.1, 0.15) is 55.4 Å². The van der Waals surface area contributed by atoms with Gasteiger partial charge in [-0.25, -0.2) is 0 Å². The third kappa shape index (κ3) is 3.05. The zero-order valence-electron chi connectivity index (χ0n) is 13.2. The summed E-state index contributed by atoms with van der Waals surface area (Å²) in [5.74, 6) is 0.269. The number of ketones is 1. The van der Waals surface area contributed by atoms with Crippen LogP contribution in [0.15, 0.2) is 6.07 Å². The van der Waals surface area contributed by atoms with Gasteiger partial charge in [0.25, 0.3) is 0 Å². The van der Waals surface area contributed by atoms with Crippen LogP contribution in [0.4, 0.5) is 0 Å². The van der Waals surface area contributed by atoms with Gasteiger partial charge in [-0.3, -0.25) is 9.00 Å². The van der Waals surface area contributed by atoms with Gasteiger partial charge >= 0.3 is 0 Å². The summed E-state index contributed by atoms with van der Waals surface area (Å²) >= 11 is 0. The first-order chi connectivity index (χ1) is 9.21. The number of fused-ring (bicyclic) bond motifs is 1. The average Bonchev–Trinajstić information content (AvgIpc) is 2.61. The molecule has 0 saturated heterocycles. The number of Topliss-reactive ketones (excluding diaryl/α,β-unsaturated/α-hetero) is 1. The van der Waals surface area contributed by atoms with E-state index in [4.69, 9.17) is 0 Å². The van der Waals surface area contributed by atoms with Crippen molar-refractivity contribution >= 4 is 16.6 Å². The molecule has 0 radical (unpaired) electrons. The van der Waals surface area contributed by atoms with Crippen molar-refractivity contribution in [1.82, 2.24) is 4.57 Å². The highest BCUT2D eigenvalue weighted by Crippen LogP contribution is 2.36. The molecule has 0 aliphatic heterocycles. The van der Waals surface area contributed by atoms with Gasteiger partial charge in [0, 0.05) is 52.2 Å². The molecular weight excluding hydrogens is 270 g/mol. The fourth-order valence-corrected chi connectivity index (χ4v) is 3.43. The second-order valence-corrected chi connectivity index (χ2v) is 8.64. The van der Waals surface area contributed by atoms with Crippen LogP contribution in [-0.2, 0) is 23.8 Å². The Morgan fingerprint density at radius 2 is 2.05 bits per heavy atom. The number of rotatable bonds is 4. The molecule has 0 bridgehead atoms. The van der Waals surface area contributed by atoms with Gasteiger partial charge < -0.3 is 4.57 Å². The smallest absolute Gasteiger partial charge is 0.165 e. The maximum Gasteiger partial charge on any atom is 0.165 e. The number of nitrogens with zero attached hydrogens (tertiary/aromatic N) is 1. The van der Waals surface area contributed by atoms with Crippen molar-refractivity contribution in [3.05, 3.63) is 23.0 Å². The standard InChI is InChI=1S/C16H25NO2S/c1-11-8-13-14(9-16(3,4)10-15(13)18)17(11)7-6-12(2)20(5)19/h8,12H,6-7,9-10H2,1-5H3. The van der Waals surface area contributed by atoms with Crippen molar-refractivity contribution in [2.24, 2.45) is 5.41 Å². The van der Waals surface area contributed by atoms with Crippen LogP contribution in [-0.4, -0.2) is 26.1 Å². The zero-order chi connectivity index (χ0) is 15.1. The van der Waals surface area contributed by atoms with E-state index in [0.29, 0.717) is 6.42 Å². The Labute approximate surface area is 124 Å². The topological polar surface area (TPSA) is 39.1 Å². The molecular formula is C16H25NO2S. The van der Waals surface area contributed by atoms with Gasteiger partial charge in [-0.1, -0.05) is 20.8 Å². The van der Waals surface area contributed by atoms with Gasteiger partial charge in [-0.15, -0.1) is 0 Å². The number of aryl methyl sites for hydroxylation is 1. The van der Waals surface area contributed by atoms with Gasteiger partial charge in [0.05, 0.1) is 0 Å². The van der Waals surface area contributed by atoms with E-state index in [1.165, 1.54) is 5.69 Å². The lowest BCUT2D eigenvalue weighted by atomic mass is 9.76. The Kier molecular flexibility index (Phi) is 4.24. The highest BCUT2D eigenvalue weighted by atomic mass is 32.2. The molecule has 3 nitrogen and oxygen atoms in total. The van der Waals surface area contributed by atoms with Crippen LogP contribution >= 0.6 is 0 Å². The van der Waals surface area contributed by atoms with Crippen molar-refractivity contribution in [1.29, 1.82) is 0 Å². The second kappa shape index (κ2) is 5.47. The summed E-state index contributed by atoms with van der Waals surface area (Å²) in [5.41, 5.74) is 3.28. The predicted octanol–water partition coefficient (Wildman–Crippen LogP) is 3.11. The molecule has 1 aromatic heterocycles. The van der Waals surface area contributed by atoms with Crippen LogP contribution in [0, 0.1) is 12.3 Å². The highest BCUT2D eigenvalue weighted by molar-refractivity contribution is 7.84. The number of hydrogen-bond donors (Lipinski definition) is 0. The first kappa shape index (κ1) is 15.5.